The summed E-state index contributed by atoms with van der Waals surface area (Å²) in [5, 5.41) is 0. The molecule has 2 aliphatic rings. The van der Waals surface area contributed by atoms with Crippen molar-refractivity contribution in [2.75, 3.05) is 12.0 Å². The van der Waals surface area contributed by atoms with Gasteiger partial charge in [-0.3, -0.25) is 4.98 Å². The van der Waals surface area contributed by atoms with Crippen molar-refractivity contribution in [1.29, 1.82) is 0 Å². The largest absolute Gasteiger partial charge is 0.381 e. The number of hydrogen-bond acceptors (Lipinski definition) is 3. The quantitative estimate of drug-likeness (QED) is 0.761. The summed E-state index contributed by atoms with van der Waals surface area (Å²) >= 11 is 0. The molecule has 16 heavy (non-hydrogen) atoms. The van der Waals surface area contributed by atoms with E-state index in [1.165, 1.54) is 31.4 Å². The topological polar surface area (TPSA) is 25.4 Å². The van der Waals surface area contributed by atoms with E-state index in [1.807, 2.05) is 19.5 Å². The average molecular weight is 218 g/mol. The van der Waals surface area contributed by atoms with Gasteiger partial charge in [0, 0.05) is 37.3 Å². The Hall–Kier alpha value is -1.09. The molecule has 0 aromatic carbocycles. The maximum Gasteiger partial charge on any atom is 0.0610 e. The summed E-state index contributed by atoms with van der Waals surface area (Å²) in [4.78, 5) is 6.67. The molecule has 2 aliphatic heterocycles. The fourth-order valence-corrected chi connectivity index (χ4v) is 3.26. The van der Waals surface area contributed by atoms with E-state index in [1.54, 1.807) is 0 Å². The highest BCUT2D eigenvalue weighted by molar-refractivity contribution is 5.49. The highest BCUT2D eigenvalue weighted by Gasteiger charge is 2.40. The molecule has 2 unspecified atom stereocenters. The van der Waals surface area contributed by atoms with E-state index in [2.05, 4.69) is 22.0 Å². The molecule has 3 nitrogen and oxygen atoms in total. The van der Waals surface area contributed by atoms with Gasteiger partial charge < -0.3 is 9.64 Å². The van der Waals surface area contributed by atoms with Gasteiger partial charge in [-0.2, -0.15) is 0 Å². The molecular weight excluding hydrogens is 200 g/mol. The summed E-state index contributed by atoms with van der Waals surface area (Å²) in [5.41, 5.74) is 1.33. The van der Waals surface area contributed by atoms with Crippen molar-refractivity contribution < 1.29 is 4.74 Å². The van der Waals surface area contributed by atoms with Gasteiger partial charge in [0.1, 0.15) is 0 Å². The zero-order valence-corrected chi connectivity index (χ0v) is 9.67. The molecule has 0 aliphatic carbocycles. The molecule has 3 rings (SSSR count). The van der Waals surface area contributed by atoms with Crippen molar-refractivity contribution in [2.45, 2.75) is 43.9 Å². The third-order valence-electron chi connectivity index (χ3n) is 3.98. The molecule has 86 valence electrons. The fourth-order valence-electron chi connectivity index (χ4n) is 3.26. The van der Waals surface area contributed by atoms with E-state index in [0.717, 1.165) is 0 Å². The minimum atomic E-state index is 0.468. The molecule has 2 saturated heterocycles. The first kappa shape index (κ1) is 10.1. The van der Waals surface area contributed by atoms with Gasteiger partial charge in [0.15, 0.2) is 0 Å². The van der Waals surface area contributed by atoms with Gasteiger partial charge in [-0.1, -0.05) is 0 Å². The van der Waals surface area contributed by atoms with E-state index in [0.29, 0.717) is 18.2 Å². The highest BCUT2D eigenvalue weighted by atomic mass is 16.5. The van der Waals surface area contributed by atoms with Crippen LogP contribution in [0.2, 0.25) is 0 Å². The molecule has 0 saturated carbocycles. The zero-order valence-electron chi connectivity index (χ0n) is 9.67. The standard InChI is InChI=1S/C13H18N2O/c1-16-13-8-11-2-3-12(9-13)15(11)10-4-6-14-7-5-10/h4-7,11-13H,2-3,8-9H2,1H3. The summed E-state index contributed by atoms with van der Waals surface area (Å²) in [6.07, 6.45) is 9.22. The number of anilines is 1. The predicted octanol–water partition coefficient (Wildman–Crippen LogP) is 2.23. The summed E-state index contributed by atoms with van der Waals surface area (Å²) in [6, 6.07) is 5.59. The van der Waals surface area contributed by atoms with E-state index < -0.39 is 0 Å². The Balaban J connectivity index is 1.84. The molecular formula is C13H18N2O. The first-order chi connectivity index (χ1) is 7.88. The summed E-state index contributed by atoms with van der Waals surface area (Å²) < 4.78 is 5.52. The second-order valence-corrected chi connectivity index (χ2v) is 4.83. The van der Waals surface area contributed by atoms with Crippen molar-refractivity contribution in [3.8, 4) is 0 Å². The highest BCUT2D eigenvalue weighted by Crippen LogP contribution is 2.39. The van der Waals surface area contributed by atoms with Crippen LogP contribution in [0, 0.1) is 0 Å². The lowest BCUT2D eigenvalue weighted by molar-refractivity contribution is 0.0684. The van der Waals surface area contributed by atoms with Crippen LogP contribution in [0.4, 0.5) is 5.69 Å². The lowest BCUT2D eigenvalue weighted by Crippen LogP contribution is -2.45. The lowest BCUT2D eigenvalue weighted by atomic mass is 9.99. The van der Waals surface area contributed by atoms with Crippen molar-refractivity contribution in [2.24, 2.45) is 0 Å². The van der Waals surface area contributed by atoms with Crippen LogP contribution in [-0.2, 0) is 4.74 Å². The minimum absolute atomic E-state index is 0.468. The van der Waals surface area contributed by atoms with Crippen LogP contribution in [-0.4, -0.2) is 30.3 Å². The molecule has 2 fully saturated rings. The second kappa shape index (κ2) is 4.06. The number of pyridine rings is 1. The number of aromatic nitrogens is 1. The molecule has 1 aromatic heterocycles. The summed E-state index contributed by atoms with van der Waals surface area (Å²) in [6.45, 7) is 0. The predicted molar refractivity (Wildman–Crippen MR) is 63.6 cm³/mol. The van der Waals surface area contributed by atoms with E-state index in [4.69, 9.17) is 4.74 Å². The molecule has 2 atom stereocenters. The van der Waals surface area contributed by atoms with Crippen LogP contribution in [0.1, 0.15) is 25.7 Å². The smallest absolute Gasteiger partial charge is 0.0610 e. The SMILES string of the molecule is COC1CC2CCC(C1)N2c1ccncc1. The third-order valence-corrected chi connectivity index (χ3v) is 3.98. The fraction of sp³-hybridized carbons (Fsp3) is 0.615. The zero-order chi connectivity index (χ0) is 11.0. The third kappa shape index (κ3) is 1.59. The number of piperidine rings is 1. The van der Waals surface area contributed by atoms with Crippen molar-refractivity contribution in [3.05, 3.63) is 24.5 Å². The number of methoxy groups -OCH3 is 1. The number of fused-ring (bicyclic) bond motifs is 2. The van der Waals surface area contributed by atoms with Crippen LogP contribution in [0.3, 0.4) is 0 Å². The van der Waals surface area contributed by atoms with Crippen molar-refractivity contribution in [1.82, 2.24) is 4.98 Å². The van der Waals surface area contributed by atoms with Gasteiger partial charge in [-0.15, -0.1) is 0 Å². The number of nitrogens with zero attached hydrogens (tertiary/aromatic N) is 2. The van der Waals surface area contributed by atoms with Crippen molar-refractivity contribution >= 4 is 5.69 Å². The molecule has 0 N–H and O–H groups in total. The Morgan fingerprint density at radius 2 is 1.81 bits per heavy atom. The molecule has 0 amide bonds. The Morgan fingerprint density at radius 3 is 2.38 bits per heavy atom. The Morgan fingerprint density at radius 1 is 1.19 bits per heavy atom. The Labute approximate surface area is 96.4 Å². The van der Waals surface area contributed by atoms with Crippen LogP contribution in [0.5, 0.6) is 0 Å². The maximum absolute atomic E-state index is 5.52. The monoisotopic (exact) mass is 218 g/mol. The lowest BCUT2D eigenvalue weighted by Gasteiger charge is -2.40. The number of rotatable bonds is 2. The van der Waals surface area contributed by atoms with E-state index >= 15 is 0 Å². The van der Waals surface area contributed by atoms with Crippen LogP contribution >= 0.6 is 0 Å². The van der Waals surface area contributed by atoms with E-state index in [9.17, 15) is 0 Å². The Kier molecular flexibility index (Phi) is 2.56. The van der Waals surface area contributed by atoms with Gasteiger partial charge in [0.25, 0.3) is 0 Å². The first-order valence-electron chi connectivity index (χ1n) is 6.09. The van der Waals surface area contributed by atoms with Crippen LogP contribution in [0.15, 0.2) is 24.5 Å². The Bertz CT molecular complexity index is 340. The molecule has 0 radical (unpaired) electrons. The van der Waals surface area contributed by atoms with E-state index in [-0.39, 0.29) is 0 Å². The number of ether oxygens (including phenoxy) is 1. The second-order valence-electron chi connectivity index (χ2n) is 4.83. The van der Waals surface area contributed by atoms with Crippen molar-refractivity contribution in [3.63, 3.8) is 0 Å². The van der Waals surface area contributed by atoms with Gasteiger partial charge in [-0.05, 0) is 37.8 Å². The first-order valence-corrected chi connectivity index (χ1v) is 6.09. The van der Waals surface area contributed by atoms with Crippen LogP contribution in [0.25, 0.3) is 0 Å². The molecule has 1 aromatic rings. The molecule has 3 heterocycles. The van der Waals surface area contributed by atoms with Gasteiger partial charge in [-0.25, -0.2) is 0 Å². The van der Waals surface area contributed by atoms with Crippen LogP contribution < -0.4 is 4.90 Å². The average Bonchev–Trinajstić information content (AvgIpc) is 2.61. The molecule has 3 heteroatoms. The summed E-state index contributed by atoms with van der Waals surface area (Å²) in [5.74, 6) is 0. The normalized spacial score (nSPS) is 33.1. The summed E-state index contributed by atoms with van der Waals surface area (Å²) in [7, 11) is 1.84. The van der Waals surface area contributed by atoms with Gasteiger partial charge in [0.05, 0.1) is 6.10 Å². The minimum Gasteiger partial charge on any atom is -0.381 e. The maximum atomic E-state index is 5.52. The van der Waals surface area contributed by atoms with Gasteiger partial charge >= 0.3 is 0 Å². The molecule has 2 bridgehead atoms. The molecule has 0 spiro atoms. The number of hydrogen-bond donors (Lipinski definition) is 0. The van der Waals surface area contributed by atoms with Gasteiger partial charge in [0.2, 0.25) is 0 Å².